The van der Waals surface area contributed by atoms with Crippen molar-refractivity contribution in [2.24, 2.45) is 0 Å². The largest absolute Gasteiger partial charge is 0.490 e. The summed E-state index contributed by atoms with van der Waals surface area (Å²) in [7, 11) is 0. The number of carbonyl (C=O) groups is 2. The molecule has 3 aromatic carbocycles. The quantitative estimate of drug-likeness (QED) is 0.125. The SMILES string of the molecule is CCOC(=O)c1ccc(NC(=O)/C(C#N)=C/c2cc(I)c(OCc3cccc(C)c3)c(OCC)c2)cc1. The number of nitriles is 1. The minimum Gasteiger partial charge on any atom is -0.490 e. The van der Waals surface area contributed by atoms with E-state index in [-0.39, 0.29) is 12.2 Å². The Hall–Kier alpha value is -3.84. The molecule has 0 aliphatic heterocycles. The second kappa shape index (κ2) is 13.5. The summed E-state index contributed by atoms with van der Waals surface area (Å²) in [4.78, 5) is 24.6. The second-order valence-corrected chi connectivity index (χ2v) is 9.12. The molecule has 0 unspecified atom stereocenters. The van der Waals surface area contributed by atoms with Crippen LogP contribution in [0.4, 0.5) is 5.69 Å². The van der Waals surface area contributed by atoms with E-state index < -0.39 is 11.9 Å². The number of benzene rings is 3. The Labute approximate surface area is 230 Å². The van der Waals surface area contributed by atoms with Gasteiger partial charge in [0.2, 0.25) is 0 Å². The minimum atomic E-state index is -0.570. The van der Waals surface area contributed by atoms with Crippen molar-refractivity contribution >= 4 is 46.2 Å². The predicted octanol–water partition coefficient (Wildman–Crippen LogP) is 6.30. The minimum absolute atomic E-state index is 0.0823. The van der Waals surface area contributed by atoms with Gasteiger partial charge in [-0.05, 0) is 97.0 Å². The molecule has 0 heterocycles. The van der Waals surface area contributed by atoms with E-state index in [1.165, 1.54) is 6.08 Å². The number of rotatable bonds is 10. The van der Waals surface area contributed by atoms with E-state index in [4.69, 9.17) is 14.2 Å². The number of hydrogen-bond donors (Lipinski definition) is 1. The predicted molar refractivity (Wildman–Crippen MR) is 150 cm³/mol. The number of aryl methyl sites for hydroxylation is 1. The number of hydrogen-bond acceptors (Lipinski definition) is 6. The van der Waals surface area contributed by atoms with Crippen LogP contribution in [0.1, 0.15) is 40.9 Å². The van der Waals surface area contributed by atoms with E-state index in [9.17, 15) is 14.9 Å². The zero-order valence-electron chi connectivity index (χ0n) is 20.8. The molecule has 3 aromatic rings. The summed E-state index contributed by atoms with van der Waals surface area (Å²) in [6.45, 7) is 6.72. The maximum atomic E-state index is 12.8. The molecule has 0 bridgehead atoms. The van der Waals surface area contributed by atoms with Crippen LogP contribution in [0.2, 0.25) is 0 Å². The third-order valence-corrected chi connectivity index (χ3v) is 5.93. The highest BCUT2D eigenvalue weighted by Crippen LogP contribution is 2.35. The van der Waals surface area contributed by atoms with Gasteiger partial charge in [0.05, 0.1) is 22.3 Å². The van der Waals surface area contributed by atoms with Crippen LogP contribution in [-0.4, -0.2) is 25.1 Å². The molecular formula is C29H27IN2O5. The van der Waals surface area contributed by atoms with Crippen molar-refractivity contribution in [2.75, 3.05) is 18.5 Å². The van der Waals surface area contributed by atoms with E-state index in [0.29, 0.717) is 41.5 Å². The van der Waals surface area contributed by atoms with Crippen LogP contribution in [0.3, 0.4) is 0 Å². The zero-order chi connectivity index (χ0) is 26.8. The normalized spacial score (nSPS) is 10.8. The van der Waals surface area contributed by atoms with Crippen LogP contribution in [0.5, 0.6) is 11.5 Å². The molecule has 3 rings (SSSR count). The van der Waals surface area contributed by atoms with Crippen LogP contribution in [0.25, 0.3) is 6.08 Å². The van der Waals surface area contributed by atoms with E-state index >= 15 is 0 Å². The van der Waals surface area contributed by atoms with Gasteiger partial charge in [-0.3, -0.25) is 4.79 Å². The molecule has 0 aliphatic carbocycles. The van der Waals surface area contributed by atoms with Gasteiger partial charge in [-0.2, -0.15) is 5.26 Å². The number of anilines is 1. The van der Waals surface area contributed by atoms with Crippen molar-refractivity contribution in [1.29, 1.82) is 5.26 Å². The van der Waals surface area contributed by atoms with Crippen LogP contribution >= 0.6 is 22.6 Å². The standard InChI is InChI=1S/C29H27IN2O5/c1-4-35-26-16-21(15-25(30)27(26)37-18-20-8-6-7-19(3)13-20)14-23(17-31)28(33)32-24-11-9-22(10-12-24)29(34)36-5-2/h6-16H,4-5,18H2,1-3H3,(H,32,33)/b23-14+. The molecule has 37 heavy (non-hydrogen) atoms. The van der Waals surface area contributed by atoms with Gasteiger partial charge >= 0.3 is 5.97 Å². The molecule has 0 fully saturated rings. The summed E-state index contributed by atoms with van der Waals surface area (Å²) in [5.74, 6) is 0.120. The summed E-state index contributed by atoms with van der Waals surface area (Å²) in [5, 5.41) is 12.3. The van der Waals surface area contributed by atoms with Gasteiger partial charge in [0.25, 0.3) is 5.91 Å². The highest BCUT2D eigenvalue weighted by atomic mass is 127. The number of esters is 1. The summed E-state index contributed by atoms with van der Waals surface area (Å²) in [6, 6.07) is 19.9. The van der Waals surface area contributed by atoms with E-state index in [1.54, 1.807) is 37.3 Å². The molecule has 0 aliphatic rings. The molecule has 0 saturated carbocycles. The Balaban J connectivity index is 1.79. The molecule has 7 nitrogen and oxygen atoms in total. The van der Waals surface area contributed by atoms with Crippen molar-refractivity contribution in [1.82, 2.24) is 0 Å². The van der Waals surface area contributed by atoms with Crippen molar-refractivity contribution in [3.63, 3.8) is 0 Å². The van der Waals surface area contributed by atoms with E-state index in [1.807, 2.05) is 44.2 Å². The first-order valence-electron chi connectivity index (χ1n) is 11.7. The Morgan fingerprint density at radius 1 is 1.03 bits per heavy atom. The number of ether oxygens (including phenoxy) is 3. The first-order valence-corrected chi connectivity index (χ1v) is 12.8. The van der Waals surface area contributed by atoms with E-state index in [0.717, 1.165) is 14.7 Å². The fourth-order valence-electron chi connectivity index (χ4n) is 3.45. The maximum absolute atomic E-state index is 12.8. The lowest BCUT2D eigenvalue weighted by Crippen LogP contribution is -2.13. The average Bonchev–Trinajstić information content (AvgIpc) is 2.87. The molecule has 0 aromatic heterocycles. The fourth-order valence-corrected chi connectivity index (χ4v) is 4.23. The van der Waals surface area contributed by atoms with Gasteiger partial charge in [0.15, 0.2) is 11.5 Å². The Morgan fingerprint density at radius 3 is 2.43 bits per heavy atom. The smallest absolute Gasteiger partial charge is 0.338 e. The third-order valence-electron chi connectivity index (χ3n) is 5.13. The molecule has 0 spiro atoms. The Morgan fingerprint density at radius 2 is 1.78 bits per heavy atom. The van der Waals surface area contributed by atoms with Gasteiger partial charge in [0, 0.05) is 5.69 Å². The highest BCUT2D eigenvalue weighted by molar-refractivity contribution is 14.1. The Bertz CT molecular complexity index is 1340. The van der Waals surface area contributed by atoms with Gasteiger partial charge in [-0.25, -0.2) is 4.79 Å². The lowest BCUT2D eigenvalue weighted by molar-refractivity contribution is -0.112. The first-order chi connectivity index (χ1) is 17.8. The van der Waals surface area contributed by atoms with Crippen LogP contribution < -0.4 is 14.8 Å². The molecule has 1 amide bonds. The zero-order valence-corrected chi connectivity index (χ0v) is 23.0. The molecule has 0 radical (unpaired) electrons. The van der Waals surface area contributed by atoms with Crippen molar-refractivity contribution in [3.8, 4) is 17.6 Å². The fraction of sp³-hybridized carbons (Fsp3) is 0.207. The third kappa shape index (κ3) is 7.82. The van der Waals surface area contributed by atoms with E-state index in [2.05, 4.69) is 34.0 Å². The second-order valence-electron chi connectivity index (χ2n) is 7.96. The maximum Gasteiger partial charge on any atom is 0.338 e. The number of halogens is 1. The van der Waals surface area contributed by atoms with Crippen molar-refractivity contribution < 1.29 is 23.8 Å². The summed E-state index contributed by atoms with van der Waals surface area (Å²) >= 11 is 2.15. The Kier molecular flexibility index (Phi) is 10.1. The molecule has 0 atom stereocenters. The number of nitrogens with one attached hydrogen (secondary N) is 1. The lowest BCUT2D eigenvalue weighted by atomic mass is 10.1. The van der Waals surface area contributed by atoms with Gasteiger partial charge < -0.3 is 19.5 Å². The van der Waals surface area contributed by atoms with Gasteiger partial charge in [-0.15, -0.1) is 0 Å². The number of nitrogens with zero attached hydrogens (tertiary/aromatic N) is 1. The first kappa shape index (κ1) is 27.7. The average molecular weight is 610 g/mol. The highest BCUT2D eigenvalue weighted by Gasteiger charge is 2.15. The van der Waals surface area contributed by atoms with Gasteiger partial charge in [-0.1, -0.05) is 29.8 Å². The number of carbonyl (C=O) groups excluding carboxylic acids is 2. The van der Waals surface area contributed by atoms with Crippen LogP contribution in [0, 0.1) is 21.8 Å². The molecule has 190 valence electrons. The summed E-state index contributed by atoms with van der Waals surface area (Å²) in [5.41, 5.74) is 3.56. The lowest BCUT2D eigenvalue weighted by Gasteiger charge is -2.15. The molecule has 8 heteroatoms. The van der Waals surface area contributed by atoms with Crippen LogP contribution in [0.15, 0.2) is 66.2 Å². The topological polar surface area (TPSA) is 97.7 Å². The number of amides is 1. The van der Waals surface area contributed by atoms with Crippen LogP contribution in [-0.2, 0) is 16.1 Å². The molecular weight excluding hydrogens is 583 g/mol. The van der Waals surface area contributed by atoms with Crippen molar-refractivity contribution in [3.05, 3.63) is 92.1 Å². The van der Waals surface area contributed by atoms with Gasteiger partial charge in [0.1, 0.15) is 18.2 Å². The monoisotopic (exact) mass is 610 g/mol. The molecule has 1 N–H and O–H groups in total. The summed E-state index contributed by atoms with van der Waals surface area (Å²) < 4.78 is 17.6. The van der Waals surface area contributed by atoms with Crippen molar-refractivity contribution in [2.45, 2.75) is 27.4 Å². The molecule has 0 saturated heterocycles. The summed E-state index contributed by atoms with van der Waals surface area (Å²) in [6.07, 6.45) is 1.50.